The molecule has 1 heterocycles. The molecule has 0 aromatic heterocycles. The largest absolute Gasteiger partial charge is 0.497 e. The van der Waals surface area contributed by atoms with E-state index in [1.54, 1.807) is 14.2 Å². The zero-order chi connectivity index (χ0) is 18.5. The Morgan fingerprint density at radius 3 is 2.54 bits per heavy atom. The zero-order valence-electron chi connectivity index (χ0n) is 15.8. The third-order valence-corrected chi connectivity index (χ3v) is 5.99. The van der Waals surface area contributed by atoms with Crippen molar-refractivity contribution < 1.29 is 9.47 Å². The maximum atomic E-state index is 5.46. The van der Waals surface area contributed by atoms with Crippen molar-refractivity contribution in [3.8, 4) is 11.5 Å². The first kappa shape index (κ1) is 19.2. The average Bonchev–Trinajstić information content (AvgIpc) is 2.67. The summed E-state index contributed by atoms with van der Waals surface area (Å²) >= 11 is 3.70. The Labute approximate surface area is 165 Å². The lowest BCUT2D eigenvalue weighted by atomic mass is 9.85. The van der Waals surface area contributed by atoms with Gasteiger partial charge < -0.3 is 14.8 Å². The Bertz CT molecular complexity index is 747. The summed E-state index contributed by atoms with van der Waals surface area (Å²) in [5.74, 6) is 1.85. The maximum absolute atomic E-state index is 5.46. The van der Waals surface area contributed by atoms with E-state index >= 15 is 0 Å². The number of halogens is 1. The molecule has 0 saturated heterocycles. The molecule has 0 amide bonds. The van der Waals surface area contributed by atoms with Gasteiger partial charge in [0.15, 0.2) is 0 Å². The van der Waals surface area contributed by atoms with Crippen LogP contribution in [0.3, 0.4) is 0 Å². The van der Waals surface area contributed by atoms with Crippen LogP contribution < -0.4 is 14.8 Å². The number of unbranched alkanes of at least 4 members (excludes halogenated alkanes) is 1. The van der Waals surface area contributed by atoms with Gasteiger partial charge in [0, 0.05) is 16.6 Å². The molecular weight excluding hydrogens is 390 g/mol. The highest BCUT2D eigenvalue weighted by molar-refractivity contribution is 9.10. The minimum atomic E-state index is 0.301. The first-order valence-electron chi connectivity index (χ1n) is 9.39. The fourth-order valence-corrected chi connectivity index (χ4v) is 4.19. The number of fused-ring (bicyclic) bond motifs is 1. The van der Waals surface area contributed by atoms with Crippen LogP contribution >= 0.6 is 15.9 Å². The fraction of sp³-hybridized carbons (Fsp3) is 0.455. The molecule has 0 radical (unpaired) electrons. The summed E-state index contributed by atoms with van der Waals surface area (Å²) in [6, 6.07) is 13.5. The van der Waals surface area contributed by atoms with Crippen molar-refractivity contribution in [1.82, 2.24) is 5.32 Å². The second-order valence-corrected chi connectivity index (χ2v) is 7.84. The van der Waals surface area contributed by atoms with Crippen LogP contribution in [-0.4, -0.2) is 20.3 Å². The molecule has 1 N–H and O–H groups in total. The van der Waals surface area contributed by atoms with E-state index in [0.717, 1.165) is 28.8 Å². The Morgan fingerprint density at radius 2 is 1.81 bits per heavy atom. The van der Waals surface area contributed by atoms with E-state index < -0.39 is 0 Å². The highest BCUT2D eigenvalue weighted by atomic mass is 79.9. The topological polar surface area (TPSA) is 30.5 Å². The molecule has 1 aliphatic rings. The van der Waals surface area contributed by atoms with Gasteiger partial charge in [-0.2, -0.15) is 0 Å². The fourth-order valence-electron chi connectivity index (χ4n) is 3.78. The lowest BCUT2D eigenvalue weighted by Gasteiger charge is -2.34. The summed E-state index contributed by atoms with van der Waals surface area (Å²) in [5.41, 5.74) is 4.06. The van der Waals surface area contributed by atoms with E-state index in [1.807, 2.05) is 6.07 Å². The molecule has 2 aromatic rings. The summed E-state index contributed by atoms with van der Waals surface area (Å²) in [7, 11) is 3.45. The van der Waals surface area contributed by atoms with E-state index in [-0.39, 0.29) is 0 Å². The monoisotopic (exact) mass is 417 g/mol. The highest BCUT2D eigenvalue weighted by Crippen LogP contribution is 2.34. The van der Waals surface area contributed by atoms with Gasteiger partial charge in [0.2, 0.25) is 0 Å². The molecule has 1 aliphatic heterocycles. The number of rotatable bonds is 7. The smallest absolute Gasteiger partial charge is 0.119 e. The molecule has 0 fully saturated rings. The normalized spacial score (nSPS) is 19.1. The van der Waals surface area contributed by atoms with Crippen molar-refractivity contribution in [3.05, 3.63) is 57.6 Å². The summed E-state index contributed by atoms with van der Waals surface area (Å²) in [5, 5.41) is 3.89. The van der Waals surface area contributed by atoms with Crippen LogP contribution in [0.25, 0.3) is 0 Å². The van der Waals surface area contributed by atoms with E-state index in [0.29, 0.717) is 12.1 Å². The number of hydrogen-bond acceptors (Lipinski definition) is 3. The molecule has 140 valence electrons. The number of nitrogens with one attached hydrogen (secondary N) is 1. The van der Waals surface area contributed by atoms with Crippen LogP contribution in [0.2, 0.25) is 0 Å². The summed E-state index contributed by atoms with van der Waals surface area (Å²) in [6.45, 7) is 2.25. The Hall–Kier alpha value is -1.52. The van der Waals surface area contributed by atoms with E-state index in [9.17, 15) is 0 Å². The van der Waals surface area contributed by atoms with Crippen LogP contribution in [0.4, 0.5) is 0 Å². The predicted molar refractivity (Wildman–Crippen MR) is 110 cm³/mol. The van der Waals surface area contributed by atoms with Crippen molar-refractivity contribution in [1.29, 1.82) is 0 Å². The van der Waals surface area contributed by atoms with Crippen molar-refractivity contribution >= 4 is 15.9 Å². The Morgan fingerprint density at radius 1 is 1.08 bits per heavy atom. The second kappa shape index (κ2) is 8.92. The number of benzene rings is 2. The van der Waals surface area contributed by atoms with Gasteiger partial charge in [-0.15, -0.1) is 0 Å². The van der Waals surface area contributed by atoms with Crippen molar-refractivity contribution in [2.45, 2.75) is 51.1 Å². The van der Waals surface area contributed by atoms with Crippen LogP contribution in [0, 0.1) is 0 Å². The minimum absolute atomic E-state index is 0.301. The van der Waals surface area contributed by atoms with Crippen molar-refractivity contribution in [2.24, 2.45) is 0 Å². The minimum Gasteiger partial charge on any atom is -0.497 e. The van der Waals surface area contributed by atoms with Gasteiger partial charge in [0.05, 0.1) is 14.2 Å². The third kappa shape index (κ3) is 4.41. The van der Waals surface area contributed by atoms with Crippen LogP contribution in [0.5, 0.6) is 11.5 Å². The first-order valence-corrected chi connectivity index (χ1v) is 10.2. The SMILES string of the molecule is CCCCC1Cc2cc(OC)ccc2C(Cc2cc(OC)ccc2Br)N1. The van der Waals surface area contributed by atoms with Gasteiger partial charge >= 0.3 is 0 Å². The number of hydrogen-bond donors (Lipinski definition) is 1. The van der Waals surface area contributed by atoms with Gasteiger partial charge in [-0.25, -0.2) is 0 Å². The molecule has 2 atom stereocenters. The molecule has 2 aromatic carbocycles. The quantitative estimate of drug-likeness (QED) is 0.648. The zero-order valence-corrected chi connectivity index (χ0v) is 17.4. The lowest BCUT2D eigenvalue weighted by Crippen LogP contribution is -2.40. The molecule has 0 bridgehead atoms. The molecule has 0 aliphatic carbocycles. The molecule has 3 rings (SSSR count). The maximum Gasteiger partial charge on any atom is 0.119 e. The number of methoxy groups -OCH3 is 2. The van der Waals surface area contributed by atoms with Gasteiger partial charge in [-0.05, 0) is 66.3 Å². The van der Waals surface area contributed by atoms with Crippen LogP contribution in [-0.2, 0) is 12.8 Å². The van der Waals surface area contributed by atoms with Gasteiger partial charge in [0.25, 0.3) is 0 Å². The first-order chi connectivity index (χ1) is 12.6. The van der Waals surface area contributed by atoms with E-state index in [1.165, 1.54) is 36.0 Å². The summed E-state index contributed by atoms with van der Waals surface area (Å²) in [4.78, 5) is 0. The summed E-state index contributed by atoms with van der Waals surface area (Å²) in [6.07, 6.45) is 5.70. The Kier molecular flexibility index (Phi) is 6.60. The molecule has 3 nitrogen and oxygen atoms in total. The summed E-state index contributed by atoms with van der Waals surface area (Å²) < 4.78 is 12.0. The molecule has 26 heavy (non-hydrogen) atoms. The molecule has 0 saturated carbocycles. The van der Waals surface area contributed by atoms with Crippen molar-refractivity contribution in [3.63, 3.8) is 0 Å². The van der Waals surface area contributed by atoms with Gasteiger partial charge in [-0.3, -0.25) is 0 Å². The van der Waals surface area contributed by atoms with E-state index in [2.05, 4.69) is 58.5 Å². The third-order valence-electron chi connectivity index (χ3n) is 5.21. The standard InChI is InChI=1S/C22H28BrNO2/c1-4-5-6-17-11-15-12-18(25-2)7-9-20(15)22(24-17)14-16-13-19(26-3)8-10-21(16)23/h7-10,12-13,17,22,24H,4-6,11,14H2,1-3H3. The lowest BCUT2D eigenvalue weighted by molar-refractivity contribution is 0.370. The van der Waals surface area contributed by atoms with Crippen molar-refractivity contribution in [2.75, 3.05) is 14.2 Å². The van der Waals surface area contributed by atoms with Crippen LogP contribution in [0.1, 0.15) is 48.9 Å². The van der Waals surface area contributed by atoms with Crippen LogP contribution in [0.15, 0.2) is 40.9 Å². The number of ether oxygens (including phenoxy) is 2. The van der Waals surface area contributed by atoms with E-state index in [4.69, 9.17) is 9.47 Å². The predicted octanol–water partition coefficient (Wildman–Crippen LogP) is 5.45. The van der Waals surface area contributed by atoms with Gasteiger partial charge in [-0.1, -0.05) is 41.8 Å². The molecule has 0 spiro atoms. The van der Waals surface area contributed by atoms with Gasteiger partial charge in [0.1, 0.15) is 11.5 Å². The average molecular weight is 418 g/mol. The highest BCUT2D eigenvalue weighted by Gasteiger charge is 2.27. The molecule has 2 unspecified atom stereocenters. The Balaban J connectivity index is 1.89. The second-order valence-electron chi connectivity index (χ2n) is 6.99. The molecular formula is C22H28BrNO2. The molecule has 4 heteroatoms.